The van der Waals surface area contributed by atoms with Crippen molar-refractivity contribution in [1.29, 1.82) is 0 Å². The van der Waals surface area contributed by atoms with Crippen LogP contribution in [-0.2, 0) is 20.8 Å². The van der Waals surface area contributed by atoms with Gasteiger partial charge in [-0.15, -0.1) is 0 Å². The van der Waals surface area contributed by atoms with Gasteiger partial charge >= 0.3 is 6.09 Å². The molecule has 0 bridgehead atoms. The molecule has 4 atom stereocenters. The van der Waals surface area contributed by atoms with Crippen LogP contribution in [0.3, 0.4) is 0 Å². The second-order valence-corrected chi connectivity index (χ2v) is 7.75. The SMILES string of the molecule is CC(C)c1ccc(NC(=O)O[C@H]2CO[C@@H]3[C@@H]2OC[C@@H]3NCc2ccccn2)cc1. The average molecular weight is 397 g/mol. The quantitative estimate of drug-likeness (QED) is 0.780. The molecule has 0 aliphatic carbocycles. The van der Waals surface area contributed by atoms with Gasteiger partial charge in [-0.05, 0) is 35.7 Å². The van der Waals surface area contributed by atoms with E-state index in [0.29, 0.717) is 31.4 Å². The fourth-order valence-electron chi connectivity index (χ4n) is 3.71. The van der Waals surface area contributed by atoms with Crippen LogP contribution in [0, 0.1) is 0 Å². The number of hydrogen-bond acceptors (Lipinski definition) is 6. The van der Waals surface area contributed by atoms with E-state index in [0.717, 1.165) is 5.69 Å². The van der Waals surface area contributed by atoms with Crippen LogP contribution in [0.1, 0.15) is 31.0 Å². The minimum absolute atomic E-state index is 0.0437. The minimum atomic E-state index is -0.495. The monoisotopic (exact) mass is 397 g/mol. The number of anilines is 1. The molecule has 0 unspecified atom stereocenters. The van der Waals surface area contributed by atoms with Crippen LogP contribution in [0.25, 0.3) is 0 Å². The number of pyridine rings is 1. The summed E-state index contributed by atoms with van der Waals surface area (Å²) in [6.45, 7) is 5.75. The molecular formula is C22H27N3O4. The first kappa shape index (κ1) is 19.8. The number of ether oxygens (including phenoxy) is 3. The molecule has 2 aromatic rings. The van der Waals surface area contributed by atoms with Crippen molar-refractivity contribution in [3.63, 3.8) is 0 Å². The summed E-state index contributed by atoms with van der Waals surface area (Å²) in [7, 11) is 0. The number of fused-ring (bicyclic) bond motifs is 1. The fourth-order valence-corrected chi connectivity index (χ4v) is 3.71. The van der Waals surface area contributed by atoms with Gasteiger partial charge in [-0.2, -0.15) is 0 Å². The van der Waals surface area contributed by atoms with Gasteiger partial charge < -0.3 is 19.5 Å². The number of carbonyl (C=O) groups is 1. The standard InChI is InChI=1S/C22H27N3O4/c1-14(2)15-6-8-16(9-7-15)25-22(26)29-19-13-28-20-18(12-27-21(19)20)24-11-17-5-3-4-10-23-17/h3-10,14,18-21,24H,11-13H2,1-2H3,(H,25,26)/t18-,19-,20-,21+/m0/s1. The number of benzene rings is 1. The Labute approximate surface area is 170 Å². The Bertz CT molecular complexity index is 813. The molecule has 7 nitrogen and oxygen atoms in total. The van der Waals surface area contributed by atoms with Crippen molar-refractivity contribution in [1.82, 2.24) is 10.3 Å². The highest BCUT2D eigenvalue weighted by molar-refractivity contribution is 5.84. The third-order valence-electron chi connectivity index (χ3n) is 5.36. The Morgan fingerprint density at radius 3 is 2.66 bits per heavy atom. The summed E-state index contributed by atoms with van der Waals surface area (Å²) in [4.78, 5) is 16.6. The lowest BCUT2D eigenvalue weighted by Crippen LogP contribution is -2.41. The number of aromatic nitrogens is 1. The molecule has 1 aromatic heterocycles. The van der Waals surface area contributed by atoms with Gasteiger partial charge in [-0.1, -0.05) is 32.0 Å². The summed E-state index contributed by atoms with van der Waals surface area (Å²) >= 11 is 0. The normalized spacial score (nSPS) is 25.8. The van der Waals surface area contributed by atoms with Gasteiger partial charge in [-0.25, -0.2) is 4.79 Å². The minimum Gasteiger partial charge on any atom is -0.441 e. The molecule has 1 amide bonds. The van der Waals surface area contributed by atoms with Crippen molar-refractivity contribution in [2.24, 2.45) is 0 Å². The molecule has 29 heavy (non-hydrogen) atoms. The van der Waals surface area contributed by atoms with E-state index in [-0.39, 0.29) is 18.2 Å². The number of amides is 1. The van der Waals surface area contributed by atoms with Crippen LogP contribution in [0.4, 0.5) is 10.5 Å². The van der Waals surface area contributed by atoms with Gasteiger partial charge in [0.2, 0.25) is 0 Å². The predicted octanol–water partition coefficient (Wildman–Crippen LogP) is 3.08. The van der Waals surface area contributed by atoms with Crippen LogP contribution in [0.15, 0.2) is 48.7 Å². The lowest BCUT2D eigenvalue weighted by Gasteiger charge is -2.18. The third-order valence-corrected chi connectivity index (χ3v) is 5.36. The number of nitrogens with one attached hydrogen (secondary N) is 2. The van der Waals surface area contributed by atoms with Crippen molar-refractivity contribution < 1.29 is 19.0 Å². The molecule has 154 valence electrons. The largest absolute Gasteiger partial charge is 0.441 e. The van der Waals surface area contributed by atoms with Crippen LogP contribution in [-0.4, -0.2) is 48.6 Å². The Hall–Kier alpha value is -2.48. The number of carbonyl (C=O) groups excluding carboxylic acids is 1. The summed E-state index contributed by atoms with van der Waals surface area (Å²) in [6, 6.07) is 13.6. The highest BCUT2D eigenvalue weighted by Gasteiger charge is 2.49. The molecular weight excluding hydrogens is 370 g/mol. The topological polar surface area (TPSA) is 81.7 Å². The zero-order chi connectivity index (χ0) is 20.2. The summed E-state index contributed by atoms with van der Waals surface area (Å²) in [5.41, 5.74) is 2.89. The molecule has 2 aliphatic rings. The van der Waals surface area contributed by atoms with E-state index in [1.807, 2.05) is 42.5 Å². The molecule has 0 radical (unpaired) electrons. The van der Waals surface area contributed by atoms with E-state index in [9.17, 15) is 4.79 Å². The zero-order valence-corrected chi connectivity index (χ0v) is 16.7. The number of nitrogens with zero attached hydrogens (tertiary/aromatic N) is 1. The maximum absolute atomic E-state index is 12.3. The highest BCUT2D eigenvalue weighted by atomic mass is 16.6. The maximum Gasteiger partial charge on any atom is 0.412 e. The smallest absolute Gasteiger partial charge is 0.412 e. The first-order valence-corrected chi connectivity index (χ1v) is 10.0. The van der Waals surface area contributed by atoms with Crippen molar-refractivity contribution in [2.75, 3.05) is 18.5 Å². The molecule has 0 saturated carbocycles. The van der Waals surface area contributed by atoms with E-state index in [2.05, 4.69) is 29.5 Å². The second kappa shape index (κ2) is 8.90. The number of hydrogen-bond donors (Lipinski definition) is 2. The van der Waals surface area contributed by atoms with E-state index >= 15 is 0 Å². The van der Waals surface area contributed by atoms with Gasteiger partial charge in [0.1, 0.15) is 12.2 Å². The van der Waals surface area contributed by atoms with Gasteiger partial charge in [0.05, 0.1) is 24.9 Å². The summed E-state index contributed by atoms with van der Waals surface area (Å²) in [5.74, 6) is 0.447. The lowest BCUT2D eigenvalue weighted by atomic mass is 10.0. The zero-order valence-electron chi connectivity index (χ0n) is 16.7. The van der Waals surface area contributed by atoms with Crippen molar-refractivity contribution in [3.05, 3.63) is 59.9 Å². The molecule has 7 heteroatoms. The van der Waals surface area contributed by atoms with Gasteiger partial charge in [0.25, 0.3) is 0 Å². The molecule has 2 saturated heterocycles. The highest BCUT2D eigenvalue weighted by Crippen LogP contribution is 2.29. The Kier molecular flexibility index (Phi) is 6.08. The molecule has 2 aliphatic heterocycles. The molecule has 3 heterocycles. The van der Waals surface area contributed by atoms with Crippen LogP contribution in [0.2, 0.25) is 0 Å². The first-order valence-electron chi connectivity index (χ1n) is 10.0. The van der Waals surface area contributed by atoms with Gasteiger partial charge in [-0.3, -0.25) is 10.3 Å². The second-order valence-electron chi connectivity index (χ2n) is 7.75. The van der Waals surface area contributed by atoms with Crippen molar-refractivity contribution in [3.8, 4) is 0 Å². The molecule has 4 rings (SSSR count). The van der Waals surface area contributed by atoms with Crippen molar-refractivity contribution in [2.45, 2.75) is 50.7 Å². The lowest BCUT2D eigenvalue weighted by molar-refractivity contribution is 0.00854. The summed E-state index contributed by atoms with van der Waals surface area (Å²) in [5, 5.41) is 6.21. The van der Waals surface area contributed by atoms with Gasteiger partial charge in [0, 0.05) is 18.4 Å². The summed E-state index contributed by atoms with van der Waals surface area (Å²) in [6.07, 6.45) is 0.462. The Morgan fingerprint density at radius 2 is 1.93 bits per heavy atom. The third kappa shape index (κ3) is 4.75. The predicted molar refractivity (Wildman–Crippen MR) is 109 cm³/mol. The fraction of sp³-hybridized carbons (Fsp3) is 0.455. The molecule has 2 fully saturated rings. The Balaban J connectivity index is 1.27. The van der Waals surface area contributed by atoms with Crippen molar-refractivity contribution >= 4 is 11.8 Å². The molecule has 0 spiro atoms. The van der Waals surface area contributed by atoms with Crippen LogP contribution in [0.5, 0.6) is 0 Å². The average Bonchev–Trinajstić information content (AvgIpc) is 3.30. The molecule has 2 N–H and O–H groups in total. The Morgan fingerprint density at radius 1 is 1.14 bits per heavy atom. The number of rotatable bonds is 6. The first-order chi connectivity index (χ1) is 14.1. The maximum atomic E-state index is 12.3. The van der Waals surface area contributed by atoms with E-state index in [1.165, 1.54) is 5.56 Å². The van der Waals surface area contributed by atoms with E-state index < -0.39 is 12.2 Å². The van der Waals surface area contributed by atoms with E-state index in [1.54, 1.807) is 6.20 Å². The van der Waals surface area contributed by atoms with Gasteiger partial charge in [0.15, 0.2) is 6.10 Å². The summed E-state index contributed by atoms with van der Waals surface area (Å²) < 4.78 is 17.3. The van der Waals surface area contributed by atoms with Crippen LogP contribution < -0.4 is 10.6 Å². The molecule has 1 aromatic carbocycles. The van der Waals surface area contributed by atoms with E-state index in [4.69, 9.17) is 14.2 Å². The van der Waals surface area contributed by atoms with Crippen LogP contribution >= 0.6 is 0 Å².